The van der Waals surface area contributed by atoms with Crippen LogP contribution in [0.1, 0.15) is 38.2 Å². The van der Waals surface area contributed by atoms with E-state index in [1.54, 1.807) is 17.8 Å². The first-order valence-corrected chi connectivity index (χ1v) is 8.36. The van der Waals surface area contributed by atoms with Crippen LogP contribution in [0, 0.1) is 5.82 Å². The number of carbonyl (C=O) groups excluding carboxylic acids is 1. The second-order valence-corrected chi connectivity index (χ2v) is 6.65. The van der Waals surface area contributed by atoms with Gasteiger partial charge in [0.15, 0.2) is 0 Å². The van der Waals surface area contributed by atoms with Gasteiger partial charge in [0.05, 0.1) is 5.25 Å². The highest BCUT2D eigenvalue weighted by Gasteiger charge is 2.21. The van der Waals surface area contributed by atoms with Crippen LogP contribution in [0.15, 0.2) is 24.3 Å². The first-order chi connectivity index (χ1) is 9.66. The van der Waals surface area contributed by atoms with E-state index in [0.29, 0.717) is 5.75 Å². The summed E-state index contributed by atoms with van der Waals surface area (Å²) in [5, 5.41) is -0.0589. The van der Waals surface area contributed by atoms with Crippen LogP contribution in [0.2, 0.25) is 0 Å². The lowest BCUT2D eigenvalue weighted by atomic mass is 10.2. The monoisotopic (exact) mass is 295 g/mol. The van der Waals surface area contributed by atoms with Crippen molar-refractivity contribution >= 4 is 17.7 Å². The van der Waals surface area contributed by atoms with Crippen LogP contribution >= 0.6 is 11.8 Å². The van der Waals surface area contributed by atoms with Gasteiger partial charge in [0.25, 0.3) is 0 Å². The van der Waals surface area contributed by atoms with Gasteiger partial charge in [-0.3, -0.25) is 4.79 Å². The Morgan fingerprint density at radius 1 is 1.30 bits per heavy atom. The molecule has 1 saturated heterocycles. The Morgan fingerprint density at radius 3 is 2.65 bits per heavy atom. The Balaban J connectivity index is 1.84. The minimum atomic E-state index is -0.213. The Hall–Kier alpha value is -1.03. The van der Waals surface area contributed by atoms with E-state index in [1.165, 1.54) is 25.0 Å². The van der Waals surface area contributed by atoms with Crippen molar-refractivity contribution in [3.05, 3.63) is 35.6 Å². The van der Waals surface area contributed by atoms with Crippen LogP contribution < -0.4 is 0 Å². The molecule has 1 heterocycles. The van der Waals surface area contributed by atoms with E-state index in [0.717, 1.165) is 31.5 Å². The zero-order chi connectivity index (χ0) is 14.4. The summed E-state index contributed by atoms with van der Waals surface area (Å²) in [6.45, 7) is 3.74. The van der Waals surface area contributed by atoms with E-state index in [9.17, 15) is 9.18 Å². The van der Waals surface area contributed by atoms with Crippen molar-refractivity contribution in [2.45, 2.75) is 43.6 Å². The van der Waals surface area contributed by atoms with Crippen molar-refractivity contribution in [3.8, 4) is 0 Å². The number of likely N-dealkylation sites (tertiary alicyclic amines) is 1. The van der Waals surface area contributed by atoms with Crippen molar-refractivity contribution < 1.29 is 9.18 Å². The fourth-order valence-electron chi connectivity index (χ4n) is 2.47. The van der Waals surface area contributed by atoms with Crippen LogP contribution in [0.5, 0.6) is 0 Å². The maximum absolute atomic E-state index is 13.1. The van der Waals surface area contributed by atoms with Gasteiger partial charge in [-0.15, -0.1) is 11.8 Å². The van der Waals surface area contributed by atoms with Gasteiger partial charge in [-0.25, -0.2) is 4.39 Å². The van der Waals surface area contributed by atoms with Crippen molar-refractivity contribution in [2.24, 2.45) is 0 Å². The molecule has 1 aliphatic rings. The number of carbonyl (C=O) groups is 1. The van der Waals surface area contributed by atoms with Crippen LogP contribution in [0.25, 0.3) is 0 Å². The Labute approximate surface area is 124 Å². The molecule has 20 heavy (non-hydrogen) atoms. The van der Waals surface area contributed by atoms with Crippen molar-refractivity contribution in [2.75, 3.05) is 13.1 Å². The quantitative estimate of drug-likeness (QED) is 0.841. The molecule has 0 bridgehead atoms. The van der Waals surface area contributed by atoms with Crippen LogP contribution in [0.3, 0.4) is 0 Å². The highest BCUT2D eigenvalue weighted by Crippen LogP contribution is 2.21. The van der Waals surface area contributed by atoms with Crippen LogP contribution in [-0.2, 0) is 10.5 Å². The average Bonchev–Trinajstić information content (AvgIpc) is 2.73. The molecule has 0 saturated carbocycles. The third-order valence-electron chi connectivity index (χ3n) is 3.65. The minimum Gasteiger partial charge on any atom is -0.342 e. The molecule has 0 radical (unpaired) electrons. The zero-order valence-corrected chi connectivity index (χ0v) is 12.8. The third kappa shape index (κ3) is 4.51. The second-order valence-electron chi connectivity index (χ2n) is 5.32. The predicted octanol–water partition coefficient (Wildman–Crippen LogP) is 3.85. The molecule has 1 atom stereocenters. The topological polar surface area (TPSA) is 20.3 Å². The van der Waals surface area contributed by atoms with E-state index in [4.69, 9.17) is 0 Å². The molecular weight excluding hydrogens is 273 g/mol. The first kappa shape index (κ1) is 15.4. The summed E-state index contributed by atoms with van der Waals surface area (Å²) in [4.78, 5) is 14.4. The maximum atomic E-state index is 13.1. The zero-order valence-electron chi connectivity index (χ0n) is 12.0. The molecule has 1 aliphatic heterocycles. The van der Waals surface area contributed by atoms with Crippen LogP contribution in [-0.4, -0.2) is 29.1 Å². The molecule has 2 rings (SSSR count). The lowest BCUT2D eigenvalue weighted by Gasteiger charge is -2.23. The van der Waals surface area contributed by atoms with Crippen molar-refractivity contribution in [1.29, 1.82) is 0 Å². The summed E-state index contributed by atoms with van der Waals surface area (Å²) < 4.78 is 13.1. The normalized spacial score (nSPS) is 17.6. The Bertz CT molecular complexity index is 444. The van der Waals surface area contributed by atoms with E-state index >= 15 is 0 Å². The standard InChI is InChI=1S/C16H22FNOS/c1-13(16(19)18-9-4-2-3-5-10-18)20-12-14-7-6-8-15(17)11-14/h6-8,11,13H,2-5,9-10,12H2,1H3. The molecule has 0 aromatic heterocycles. The molecule has 0 aliphatic carbocycles. The van der Waals surface area contributed by atoms with E-state index in [-0.39, 0.29) is 17.0 Å². The first-order valence-electron chi connectivity index (χ1n) is 7.31. The molecule has 1 amide bonds. The number of nitrogens with zero attached hydrogens (tertiary/aromatic N) is 1. The summed E-state index contributed by atoms with van der Waals surface area (Å²) in [5.74, 6) is 0.696. The SMILES string of the molecule is CC(SCc1cccc(F)c1)C(=O)N1CCCCCC1. The number of benzene rings is 1. The molecular formula is C16H22FNOS. The molecule has 1 unspecified atom stereocenters. The molecule has 0 N–H and O–H groups in total. The van der Waals surface area contributed by atoms with Crippen molar-refractivity contribution in [1.82, 2.24) is 4.90 Å². The Morgan fingerprint density at radius 2 is 2.00 bits per heavy atom. The van der Waals surface area contributed by atoms with Gasteiger partial charge >= 0.3 is 0 Å². The number of halogens is 1. The highest BCUT2D eigenvalue weighted by molar-refractivity contribution is 7.99. The number of hydrogen-bond acceptors (Lipinski definition) is 2. The smallest absolute Gasteiger partial charge is 0.235 e. The molecule has 1 aromatic rings. The third-order valence-corrected chi connectivity index (χ3v) is 4.86. The fourth-order valence-corrected chi connectivity index (χ4v) is 3.38. The Kier molecular flexibility index (Phi) is 5.89. The van der Waals surface area contributed by atoms with E-state index in [1.807, 2.05) is 17.9 Å². The van der Waals surface area contributed by atoms with Crippen molar-refractivity contribution in [3.63, 3.8) is 0 Å². The maximum Gasteiger partial charge on any atom is 0.235 e. The molecule has 1 aromatic carbocycles. The molecule has 4 heteroatoms. The number of thioether (sulfide) groups is 1. The summed E-state index contributed by atoms with van der Waals surface area (Å²) in [6.07, 6.45) is 4.70. The summed E-state index contributed by atoms with van der Waals surface area (Å²) >= 11 is 1.59. The van der Waals surface area contributed by atoms with Gasteiger partial charge in [-0.1, -0.05) is 25.0 Å². The largest absolute Gasteiger partial charge is 0.342 e. The van der Waals surface area contributed by atoms with E-state index in [2.05, 4.69) is 0 Å². The van der Waals surface area contributed by atoms with Gasteiger partial charge in [0.2, 0.25) is 5.91 Å². The lowest BCUT2D eigenvalue weighted by molar-refractivity contribution is -0.130. The lowest BCUT2D eigenvalue weighted by Crippen LogP contribution is -2.37. The van der Waals surface area contributed by atoms with Gasteiger partial charge < -0.3 is 4.90 Å². The summed E-state index contributed by atoms with van der Waals surface area (Å²) in [7, 11) is 0. The minimum absolute atomic E-state index is 0.0589. The van der Waals surface area contributed by atoms with Gasteiger partial charge in [0, 0.05) is 18.8 Å². The fraction of sp³-hybridized carbons (Fsp3) is 0.562. The highest BCUT2D eigenvalue weighted by atomic mass is 32.2. The summed E-state index contributed by atoms with van der Waals surface area (Å²) in [5.41, 5.74) is 0.936. The average molecular weight is 295 g/mol. The number of amides is 1. The molecule has 1 fully saturated rings. The predicted molar refractivity (Wildman–Crippen MR) is 82.2 cm³/mol. The van der Waals surface area contributed by atoms with Gasteiger partial charge in [0.1, 0.15) is 5.82 Å². The van der Waals surface area contributed by atoms with Gasteiger partial charge in [-0.2, -0.15) is 0 Å². The number of rotatable bonds is 4. The molecule has 110 valence electrons. The summed E-state index contributed by atoms with van der Waals surface area (Å²) in [6, 6.07) is 6.60. The second kappa shape index (κ2) is 7.67. The van der Waals surface area contributed by atoms with Gasteiger partial charge in [-0.05, 0) is 37.5 Å². The molecule has 0 spiro atoms. The van der Waals surface area contributed by atoms with Crippen LogP contribution in [0.4, 0.5) is 4.39 Å². The molecule has 2 nitrogen and oxygen atoms in total. The number of hydrogen-bond donors (Lipinski definition) is 0. The van der Waals surface area contributed by atoms with E-state index < -0.39 is 0 Å².